The molecule has 4 rings (SSSR count). The largest absolute Gasteiger partial charge is 0.490 e. The first-order valence-corrected chi connectivity index (χ1v) is 9.32. The molecule has 0 bridgehead atoms. The van der Waals surface area contributed by atoms with Crippen LogP contribution in [-0.4, -0.2) is 16.7 Å². The molecule has 1 saturated carbocycles. The third kappa shape index (κ3) is 3.98. The normalized spacial score (nSPS) is 15.1. The van der Waals surface area contributed by atoms with E-state index in [1.54, 1.807) is 0 Å². The maximum Gasteiger partial charge on any atom is 0.261 e. The summed E-state index contributed by atoms with van der Waals surface area (Å²) in [7, 11) is 0. The molecule has 1 heterocycles. The Kier molecular flexibility index (Phi) is 6.21. The molecule has 1 fully saturated rings. The Labute approximate surface area is 170 Å². The summed E-state index contributed by atoms with van der Waals surface area (Å²) in [6.45, 7) is 2.50. The molecule has 1 aliphatic rings. The summed E-state index contributed by atoms with van der Waals surface area (Å²) in [4.78, 5) is 4.58. The molecule has 0 unspecified atom stereocenters. The van der Waals surface area contributed by atoms with Crippen molar-refractivity contribution in [2.24, 2.45) is 5.73 Å². The first-order valence-electron chi connectivity index (χ1n) is 9.32. The Balaban J connectivity index is 0.00000225. The highest BCUT2D eigenvalue weighted by atomic mass is 35.5. The van der Waals surface area contributed by atoms with Crippen LogP contribution in [0, 0.1) is 0 Å². The zero-order valence-corrected chi connectivity index (χ0v) is 16.6. The average molecular weight is 402 g/mol. The summed E-state index contributed by atoms with van der Waals surface area (Å²) in [5.74, 6) is 2.92. The number of hydrogen-bond acceptors (Lipinski definition) is 6. The van der Waals surface area contributed by atoms with Crippen molar-refractivity contribution in [3.63, 3.8) is 0 Å². The maximum atomic E-state index is 6.45. The lowest BCUT2D eigenvalue weighted by Gasteiger charge is -2.17. The molecule has 0 atom stereocenters. The zero-order chi connectivity index (χ0) is 18.7. The van der Waals surface area contributed by atoms with Crippen LogP contribution < -0.4 is 15.2 Å². The molecule has 3 aromatic rings. The summed E-state index contributed by atoms with van der Waals surface area (Å²) >= 11 is 0. The third-order valence-corrected chi connectivity index (χ3v) is 4.85. The molecule has 0 aliphatic heterocycles. The fourth-order valence-electron chi connectivity index (χ4n) is 3.42. The molecule has 0 amide bonds. The van der Waals surface area contributed by atoms with E-state index in [0.29, 0.717) is 35.6 Å². The number of rotatable bonds is 6. The van der Waals surface area contributed by atoms with Crippen molar-refractivity contribution in [2.45, 2.75) is 38.1 Å². The quantitative estimate of drug-likeness (QED) is 0.620. The van der Waals surface area contributed by atoms with Gasteiger partial charge in [-0.15, -0.1) is 12.4 Å². The van der Waals surface area contributed by atoms with Crippen molar-refractivity contribution in [2.75, 3.05) is 6.61 Å². The second-order valence-corrected chi connectivity index (χ2v) is 6.76. The Morgan fingerprint density at radius 2 is 1.64 bits per heavy atom. The highest BCUT2D eigenvalue weighted by Gasteiger charge is 2.36. The van der Waals surface area contributed by atoms with E-state index in [1.165, 1.54) is 0 Å². The molecular formula is C21H24ClN3O3. The van der Waals surface area contributed by atoms with Gasteiger partial charge in [-0.2, -0.15) is 4.98 Å². The smallest absolute Gasteiger partial charge is 0.261 e. The number of nitrogens with two attached hydrogens (primary N) is 1. The van der Waals surface area contributed by atoms with Crippen molar-refractivity contribution in [1.82, 2.24) is 10.1 Å². The van der Waals surface area contributed by atoms with E-state index in [0.717, 1.165) is 31.2 Å². The van der Waals surface area contributed by atoms with Crippen molar-refractivity contribution in [1.29, 1.82) is 0 Å². The van der Waals surface area contributed by atoms with Crippen molar-refractivity contribution >= 4 is 12.4 Å². The number of para-hydroxylation sites is 3. The number of ether oxygens (including phenoxy) is 2. The Bertz CT molecular complexity index is 923. The van der Waals surface area contributed by atoms with Crippen LogP contribution in [0.15, 0.2) is 53.1 Å². The van der Waals surface area contributed by atoms with Crippen LogP contribution in [0.2, 0.25) is 0 Å². The van der Waals surface area contributed by atoms with Gasteiger partial charge in [-0.3, -0.25) is 0 Å². The monoisotopic (exact) mass is 401 g/mol. The van der Waals surface area contributed by atoms with E-state index in [-0.39, 0.29) is 12.4 Å². The van der Waals surface area contributed by atoms with Gasteiger partial charge in [0.2, 0.25) is 0 Å². The van der Waals surface area contributed by atoms with Crippen LogP contribution >= 0.6 is 12.4 Å². The van der Waals surface area contributed by atoms with E-state index in [2.05, 4.69) is 10.1 Å². The highest BCUT2D eigenvalue weighted by molar-refractivity contribution is 5.85. The van der Waals surface area contributed by atoms with E-state index >= 15 is 0 Å². The number of nitrogens with zero attached hydrogens (tertiary/aromatic N) is 2. The first kappa shape index (κ1) is 20.2. The standard InChI is InChI=1S/C21H23N3O3.ClH/c1-2-25-17-11-5-6-12-18(17)26-16-10-4-3-9-15(16)19-23-20(24-27-19)21(22)13-7-8-14-21;/h3-6,9-12H,2,7-8,13-14,22H2,1H3;1H. The minimum absolute atomic E-state index is 0. The fraction of sp³-hybridized carbons (Fsp3) is 0.333. The summed E-state index contributed by atoms with van der Waals surface area (Å²) in [6.07, 6.45) is 3.94. The van der Waals surface area contributed by atoms with Crippen molar-refractivity contribution < 1.29 is 14.0 Å². The van der Waals surface area contributed by atoms with Crippen molar-refractivity contribution in [3.05, 3.63) is 54.4 Å². The predicted octanol–water partition coefficient (Wildman–Crippen LogP) is 5.08. The van der Waals surface area contributed by atoms with E-state index in [4.69, 9.17) is 19.7 Å². The minimum atomic E-state index is -0.487. The summed E-state index contributed by atoms with van der Waals surface area (Å²) < 4.78 is 17.3. The molecule has 1 aromatic heterocycles. The Morgan fingerprint density at radius 1 is 1.00 bits per heavy atom. The molecule has 0 radical (unpaired) electrons. The molecule has 7 heteroatoms. The zero-order valence-electron chi connectivity index (χ0n) is 15.8. The van der Waals surface area contributed by atoms with Gasteiger partial charge in [0.25, 0.3) is 5.89 Å². The molecule has 28 heavy (non-hydrogen) atoms. The van der Waals surface area contributed by atoms with Crippen LogP contribution in [0.4, 0.5) is 0 Å². The van der Waals surface area contributed by atoms with Gasteiger partial charge < -0.3 is 19.7 Å². The van der Waals surface area contributed by atoms with Crippen LogP contribution in [0.1, 0.15) is 38.4 Å². The molecular weight excluding hydrogens is 378 g/mol. The summed E-state index contributed by atoms with van der Waals surface area (Å²) in [5, 5.41) is 4.15. The SMILES string of the molecule is CCOc1ccccc1Oc1ccccc1-c1nc(C2(N)CCCC2)no1.Cl. The third-order valence-electron chi connectivity index (χ3n) is 4.85. The van der Waals surface area contributed by atoms with E-state index in [1.807, 2.05) is 55.5 Å². The number of aromatic nitrogens is 2. The van der Waals surface area contributed by atoms with Crippen LogP contribution in [-0.2, 0) is 5.54 Å². The predicted molar refractivity (Wildman–Crippen MR) is 109 cm³/mol. The summed E-state index contributed by atoms with van der Waals surface area (Å²) in [5.41, 5.74) is 6.69. The van der Waals surface area contributed by atoms with Gasteiger partial charge >= 0.3 is 0 Å². The van der Waals surface area contributed by atoms with Gasteiger partial charge in [-0.05, 0) is 44.0 Å². The van der Waals surface area contributed by atoms with Gasteiger partial charge in [0, 0.05) is 0 Å². The van der Waals surface area contributed by atoms with Gasteiger partial charge in [0.05, 0.1) is 17.7 Å². The van der Waals surface area contributed by atoms with Gasteiger partial charge in [-0.25, -0.2) is 0 Å². The topological polar surface area (TPSA) is 83.4 Å². The minimum Gasteiger partial charge on any atom is -0.490 e. The van der Waals surface area contributed by atoms with Gasteiger partial charge in [0.15, 0.2) is 17.3 Å². The lowest BCUT2D eigenvalue weighted by molar-refractivity contribution is 0.321. The van der Waals surface area contributed by atoms with E-state index < -0.39 is 5.54 Å². The second kappa shape index (κ2) is 8.63. The molecule has 2 aromatic carbocycles. The molecule has 0 spiro atoms. The maximum absolute atomic E-state index is 6.45. The number of hydrogen-bond donors (Lipinski definition) is 1. The number of halogens is 1. The highest BCUT2D eigenvalue weighted by Crippen LogP contribution is 2.39. The molecule has 148 valence electrons. The van der Waals surface area contributed by atoms with Gasteiger partial charge in [0.1, 0.15) is 5.75 Å². The van der Waals surface area contributed by atoms with Crippen molar-refractivity contribution in [3.8, 4) is 28.7 Å². The summed E-state index contributed by atoms with van der Waals surface area (Å²) in [6, 6.07) is 15.2. The molecule has 6 nitrogen and oxygen atoms in total. The molecule has 2 N–H and O–H groups in total. The lowest BCUT2D eigenvalue weighted by atomic mass is 9.99. The van der Waals surface area contributed by atoms with Crippen LogP contribution in [0.5, 0.6) is 17.2 Å². The molecule has 1 aliphatic carbocycles. The first-order chi connectivity index (χ1) is 13.2. The van der Waals surface area contributed by atoms with Crippen LogP contribution in [0.3, 0.4) is 0 Å². The number of benzene rings is 2. The van der Waals surface area contributed by atoms with Crippen LogP contribution in [0.25, 0.3) is 11.5 Å². The fourth-order valence-corrected chi connectivity index (χ4v) is 3.42. The average Bonchev–Trinajstić information content (AvgIpc) is 3.34. The lowest BCUT2D eigenvalue weighted by Crippen LogP contribution is -2.34. The van der Waals surface area contributed by atoms with E-state index in [9.17, 15) is 0 Å². The van der Waals surface area contributed by atoms with Gasteiger partial charge in [-0.1, -0.05) is 42.3 Å². The Morgan fingerprint density at radius 3 is 2.36 bits per heavy atom. The molecule has 0 saturated heterocycles. The second-order valence-electron chi connectivity index (χ2n) is 6.76. The Hall–Kier alpha value is -2.57.